The van der Waals surface area contributed by atoms with Gasteiger partial charge in [-0.3, -0.25) is 28.8 Å². The molecule has 12 N–H and O–H groups in total. The zero-order valence-corrected chi connectivity index (χ0v) is 36.1. The number of nitrogens with one attached hydrogen (secondary N) is 7. The molecule has 0 aliphatic rings. The van der Waals surface area contributed by atoms with E-state index in [0.29, 0.717) is 23.3 Å². The number of phenols is 1. The van der Waals surface area contributed by atoms with E-state index in [9.17, 15) is 48.9 Å². The number of aliphatic hydroxyl groups is 1. The SMILES string of the molecule is CSCC[C@H](NC(=O)[C@@H](N)CC(C)C)C(=O)N[C@@H](Cc1c[nH]c2ccccc12)C(=O)N[C@H](C(=O)N[C@@H](CO)C(=O)N[C@@H](C)C(=O)N[C@@H](Cc1ccc(O)cc1)C(=O)O)C(C)C. The van der Waals surface area contributed by atoms with Gasteiger partial charge in [0.2, 0.25) is 35.4 Å². The summed E-state index contributed by atoms with van der Waals surface area (Å²) in [6.45, 7) is 7.53. The lowest BCUT2D eigenvalue weighted by Gasteiger charge is -2.28. The highest BCUT2D eigenvalue weighted by Crippen LogP contribution is 2.20. The summed E-state index contributed by atoms with van der Waals surface area (Å²) in [6, 6.07) is 4.45. The van der Waals surface area contributed by atoms with Crippen molar-refractivity contribution >= 4 is 64.1 Å². The van der Waals surface area contributed by atoms with E-state index in [4.69, 9.17) is 5.73 Å². The van der Waals surface area contributed by atoms with E-state index in [1.54, 1.807) is 20.0 Å². The summed E-state index contributed by atoms with van der Waals surface area (Å²) < 4.78 is 0. The number of aromatic hydroxyl groups is 1. The van der Waals surface area contributed by atoms with Crippen LogP contribution in [-0.4, -0.2) is 123 Å². The van der Waals surface area contributed by atoms with Crippen LogP contribution in [0.4, 0.5) is 0 Å². The maximum Gasteiger partial charge on any atom is 0.326 e. The number of rotatable bonds is 24. The number of thioether (sulfide) groups is 1. The van der Waals surface area contributed by atoms with Crippen molar-refractivity contribution in [3.63, 3.8) is 0 Å². The number of para-hydroxylation sites is 1. The molecule has 0 radical (unpaired) electrons. The molecule has 18 nitrogen and oxygen atoms in total. The van der Waals surface area contributed by atoms with Crippen LogP contribution in [0.25, 0.3) is 10.9 Å². The summed E-state index contributed by atoms with van der Waals surface area (Å²) in [6.07, 6.45) is 4.09. The highest BCUT2D eigenvalue weighted by Gasteiger charge is 2.34. The molecule has 1 heterocycles. The number of hydrogen-bond acceptors (Lipinski definition) is 11. The fourth-order valence-electron chi connectivity index (χ4n) is 6.39. The first-order chi connectivity index (χ1) is 28.8. The summed E-state index contributed by atoms with van der Waals surface area (Å²) >= 11 is 1.47. The van der Waals surface area contributed by atoms with Crippen molar-refractivity contribution in [2.75, 3.05) is 18.6 Å². The third-order valence-corrected chi connectivity index (χ3v) is 10.5. The van der Waals surface area contributed by atoms with Gasteiger partial charge in [0.05, 0.1) is 12.6 Å². The highest BCUT2D eigenvalue weighted by molar-refractivity contribution is 7.98. The first-order valence-electron chi connectivity index (χ1n) is 20.1. The fraction of sp³-hybridized carbons (Fsp3) is 0.500. The Morgan fingerprint density at radius 3 is 1.90 bits per heavy atom. The van der Waals surface area contributed by atoms with Crippen molar-refractivity contribution < 1.29 is 48.9 Å². The van der Waals surface area contributed by atoms with E-state index >= 15 is 0 Å². The van der Waals surface area contributed by atoms with Crippen molar-refractivity contribution in [1.29, 1.82) is 0 Å². The molecule has 61 heavy (non-hydrogen) atoms. The van der Waals surface area contributed by atoms with Gasteiger partial charge in [-0.25, -0.2) is 4.79 Å². The summed E-state index contributed by atoms with van der Waals surface area (Å²) in [4.78, 5) is 96.0. The first kappa shape index (κ1) is 49.7. The molecule has 0 aliphatic heterocycles. The Bertz CT molecular complexity index is 1970. The van der Waals surface area contributed by atoms with Gasteiger partial charge in [0, 0.05) is 29.9 Å². The number of carboxylic acids is 1. The van der Waals surface area contributed by atoms with Crippen molar-refractivity contribution in [1.82, 2.24) is 36.9 Å². The van der Waals surface area contributed by atoms with Crippen LogP contribution in [0.2, 0.25) is 0 Å². The smallest absolute Gasteiger partial charge is 0.326 e. The Hall–Kier alpha value is -5.66. The molecule has 1 aromatic heterocycles. The maximum atomic E-state index is 14.2. The summed E-state index contributed by atoms with van der Waals surface area (Å²) in [5.74, 6) is -5.82. The number of aromatic amines is 1. The van der Waals surface area contributed by atoms with Crippen LogP contribution in [0.5, 0.6) is 5.75 Å². The minimum absolute atomic E-state index is 0.0105. The molecule has 0 bridgehead atoms. The van der Waals surface area contributed by atoms with Gasteiger partial charge in [0.15, 0.2) is 0 Å². The largest absolute Gasteiger partial charge is 0.508 e. The summed E-state index contributed by atoms with van der Waals surface area (Å²) in [7, 11) is 0. The van der Waals surface area contributed by atoms with E-state index < -0.39 is 96.2 Å². The zero-order chi connectivity index (χ0) is 45.4. The number of H-pyrrole nitrogens is 1. The van der Waals surface area contributed by atoms with Gasteiger partial charge in [-0.1, -0.05) is 58.0 Å². The highest BCUT2D eigenvalue weighted by atomic mass is 32.2. The van der Waals surface area contributed by atoms with Gasteiger partial charge < -0.3 is 57.9 Å². The Morgan fingerprint density at radius 2 is 1.30 bits per heavy atom. The second-order valence-corrected chi connectivity index (χ2v) is 16.7. The van der Waals surface area contributed by atoms with Gasteiger partial charge >= 0.3 is 5.97 Å². The van der Waals surface area contributed by atoms with Crippen LogP contribution < -0.4 is 37.6 Å². The van der Waals surface area contributed by atoms with Gasteiger partial charge in [-0.05, 0) is 72.9 Å². The number of hydrogen-bond donors (Lipinski definition) is 11. The Morgan fingerprint density at radius 1 is 0.705 bits per heavy atom. The average Bonchev–Trinajstić information content (AvgIpc) is 3.62. The number of aromatic nitrogens is 1. The van der Waals surface area contributed by atoms with Crippen LogP contribution in [0.1, 0.15) is 58.6 Å². The number of carbonyl (C=O) groups is 7. The maximum absolute atomic E-state index is 14.2. The van der Waals surface area contributed by atoms with E-state index in [-0.39, 0.29) is 30.9 Å². The number of carbonyl (C=O) groups excluding carboxylic acids is 6. The van der Waals surface area contributed by atoms with Crippen molar-refractivity contribution in [2.24, 2.45) is 17.6 Å². The molecule has 3 aromatic rings. The number of nitrogens with two attached hydrogens (primary N) is 1. The number of carboxylic acid groups (broad SMARTS) is 1. The number of aliphatic carboxylic acids is 1. The molecule has 0 unspecified atom stereocenters. The summed E-state index contributed by atoms with van der Waals surface area (Å²) in [5.41, 5.74) is 8.12. The molecule has 0 aliphatic carbocycles. The molecule has 3 rings (SSSR count). The van der Waals surface area contributed by atoms with Gasteiger partial charge in [0.1, 0.15) is 42.0 Å². The third-order valence-electron chi connectivity index (χ3n) is 9.84. The molecule has 0 spiro atoms. The standard InChI is InChI=1S/C42H60N8O10S/c1-22(2)17-29(43)37(54)46-31(15-16-61-6)38(55)47-32(19-26-20-44-30-10-8-7-9-28(26)30)39(56)50-35(23(3)4)41(58)49-34(21-51)40(57)45-24(5)36(53)48-33(42(59)60)18-25-11-13-27(52)14-12-25/h7-14,20,22-24,29,31-35,44,51-52H,15-19,21,43H2,1-6H3,(H,45,57)(H,46,54)(H,47,55)(H,48,53)(H,49,58)(H,50,56)(H,59,60)/t24-,29-,31-,32-,33-,34-,35-/m0/s1. The van der Waals surface area contributed by atoms with Gasteiger partial charge in [0.25, 0.3) is 0 Å². The second kappa shape index (κ2) is 24.0. The Balaban J connectivity index is 1.77. The Labute approximate surface area is 359 Å². The number of fused-ring (bicyclic) bond motifs is 1. The lowest BCUT2D eigenvalue weighted by molar-refractivity contribution is -0.142. The van der Waals surface area contributed by atoms with E-state index in [2.05, 4.69) is 36.9 Å². The Kier molecular flexibility index (Phi) is 19.5. The summed E-state index contributed by atoms with van der Waals surface area (Å²) in [5, 5.41) is 45.5. The van der Waals surface area contributed by atoms with E-state index in [0.717, 1.165) is 10.9 Å². The molecular formula is C42H60N8O10S. The average molecular weight is 869 g/mol. The molecule has 7 atom stereocenters. The normalized spacial score (nSPS) is 14.8. The van der Waals surface area contributed by atoms with Crippen LogP contribution in [0.3, 0.4) is 0 Å². The van der Waals surface area contributed by atoms with Crippen molar-refractivity contribution in [2.45, 2.75) is 103 Å². The molecule has 2 aromatic carbocycles. The van der Waals surface area contributed by atoms with Crippen LogP contribution >= 0.6 is 11.8 Å². The second-order valence-electron chi connectivity index (χ2n) is 15.7. The van der Waals surface area contributed by atoms with Crippen molar-refractivity contribution in [3.8, 4) is 5.75 Å². The lowest BCUT2D eigenvalue weighted by Crippen LogP contribution is -2.61. The third kappa shape index (κ3) is 15.4. The minimum Gasteiger partial charge on any atom is -0.508 e. The van der Waals surface area contributed by atoms with Crippen LogP contribution in [0.15, 0.2) is 54.7 Å². The minimum atomic E-state index is -1.59. The van der Waals surface area contributed by atoms with Crippen LogP contribution in [0, 0.1) is 11.8 Å². The predicted octanol–water partition coefficient (Wildman–Crippen LogP) is 0.447. The lowest BCUT2D eigenvalue weighted by atomic mass is 10.00. The van der Waals surface area contributed by atoms with Gasteiger partial charge in [-0.2, -0.15) is 11.8 Å². The van der Waals surface area contributed by atoms with Gasteiger partial charge in [-0.15, -0.1) is 0 Å². The fourth-order valence-corrected chi connectivity index (χ4v) is 6.86. The predicted molar refractivity (Wildman–Crippen MR) is 231 cm³/mol. The van der Waals surface area contributed by atoms with Crippen molar-refractivity contribution in [3.05, 3.63) is 65.9 Å². The zero-order valence-electron chi connectivity index (χ0n) is 35.3. The van der Waals surface area contributed by atoms with E-state index in [1.807, 2.05) is 44.4 Å². The first-order valence-corrected chi connectivity index (χ1v) is 21.5. The van der Waals surface area contributed by atoms with Crippen LogP contribution in [-0.2, 0) is 46.4 Å². The molecule has 0 saturated heterocycles. The number of phenolic OH excluding ortho intramolecular Hbond substituents is 1. The molecule has 19 heteroatoms. The monoisotopic (exact) mass is 868 g/mol. The number of amides is 6. The quantitative estimate of drug-likeness (QED) is 0.0585. The van der Waals surface area contributed by atoms with E-state index in [1.165, 1.54) is 43.0 Å². The molecule has 0 fully saturated rings. The number of aliphatic hydroxyl groups excluding tert-OH is 1. The molecule has 0 saturated carbocycles. The molecular weight excluding hydrogens is 809 g/mol. The molecule has 6 amide bonds. The molecule has 334 valence electrons. The topological polar surface area (TPSA) is 294 Å². The number of benzene rings is 2.